The maximum Gasteiger partial charge on any atom is 0.0499 e. The van der Waals surface area contributed by atoms with Gasteiger partial charge in [-0.25, -0.2) is 0 Å². The molecular formula is C10H23NO. The summed E-state index contributed by atoms with van der Waals surface area (Å²) < 4.78 is 0. The van der Waals surface area contributed by atoms with Gasteiger partial charge in [-0.05, 0) is 26.4 Å². The molecule has 74 valence electrons. The van der Waals surface area contributed by atoms with Gasteiger partial charge in [-0.1, -0.05) is 20.8 Å². The Morgan fingerprint density at radius 1 is 1.17 bits per heavy atom. The Hall–Kier alpha value is -0.0800. The largest absolute Gasteiger partial charge is 0.396 e. The average molecular weight is 173 g/mol. The van der Waals surface area contributed by atoms with Crippen LogP contribution in [-0.4, -0.2) is 36.8 Å². The molecule has 0 aliphatic heterocycles. The number of nitrogens with zero attached hydrogens (tertiary/aromatic N) is 1. The van der Waals surface area contributed by atoms with Crippen LogP contribution in [0.4, 0.5) is 0 Å². The van der Waals surface area contributed by atoms with Crippen molar-refractivity contribution in [1.82, 2.24) is 4.90 Å². The van der Waals surface area contributed by atoms with E-state index in [-0.39, 0.29) is 5.41 Å². The molecule has 0 aromatic rings. The summed E-state index contributed by atoms with van der Waals surface area (Å²) in [5.74, 6) is 0. The zero-order valence-corrected chi connectivity index (χ0v) is 8.93. The van der Waals surface area contributed by atoms with Crippen LogP contribution in [0.1, 0.15) is 33.6 Å². The van der Waals surface area contributed by atoms with Gasteiger partial charge < -0.3 is 10.0 Å². The zero-order chi connectivity index (χ0) is 9.61. The second-order valence-electron chi connectivity index (χ2n) is 3.70. The van der Waals surface area contributed by atoms with Crippen LogP contribution < -0.4 is 0 Å². The Kier molecular flexibility index (Phi) is 5.51. The summed E-state index contributed by atoms with van der Waals surface area (Å²) in [7, 11) is 2.11. The Labute approximate surface area is 76.6 Å². The molecule has 0 aromatic carbocycles. The Balaban J connectivity index is 4.09. The lowest BCUT2D eigenvalue weighted by Gasteiger charge is -2.33. The van der Waals surface area contributed by atoms with Crippen molar-refractivity contribution in [2.75, 3.05) is 26.7 Å². The van der Waals surface area contributed by atoms with E-state index in [1.165, 1.54) is 0 Å². The Bertz CT molecular complexity index is 102. The highest BCUT2D eigenvalue weighted by molar-refractivity contribution is 4.78. The van der Waals surface area contributed by atoms with Crippen LogP contribution in [0.5, 0.6) is 0 Å². The molecule has 0 aliphatic rings. The highest BCUT2D eigenvalue weighted by Crippen LogP contribution is 2.26. The SMILES string of the molecule is CCN(C)CC(CC)(CC)CO. The molecule has 0 radical (unpaired) electrons. The fraction of sp³-hybridized carbons (Fsp3) is 1.00. The third-order valence-corrected chi connectivity index (χ3v) is 2.98. The number of rotatable bonds is 6. The van der Waals surface area contributed by atoms with E-state index in [1.54, 1.807) is 0 Å². The van der Waals surface area contributed by atoms with Crippen molar-refractivity contribution in [3.8, 4) is 0 Å². The van der Waals surface area contributed by atoms with Crippen molar-refractivity contribution in [2.45, 2.75) is 33.6 Å². The molecule has 0 spiro atoms. The lowest BCUT2D eigenvalue weighted by molar-refractivity contribution is 0.0774. The summed E-state index contributed by atoms with van der Waals surface area (Å²) >= 11 is 0. The van der Waals surface area contributed by atoms with Gasteiger partial charge in [0.15, 0.2) is 0 Å². The van der Waals surface area contributed by atoms with Crippen molar-refractivity contribution < 1.29 is 5.11 Å². The van der Waals surface area contributed by atoms with E-state index in [0.29, 0.717) is 6.61 Å². The summed E-state index contributed by atoms with van der Waals surface area (Å²) in [5, 5.41) is 9.29. The molecule has 0 unspecified atom stereocenters. The van der Waals surface area contributed by atoms with Crippen molar-refractivity contribution in [3.05, 3.63) is 0 Å². The zero-order valence-electron chi connectivity index (χ0n) is 8.93. The predicted octanol–water partition coefficient (Wildman–Crippen LogP) is 1.74. The number of hydrogen-bond acceptors (Lipinski definition) is 2. The third-order valence-electron chi connectivity index (χ3n) is 2.98. The van der Waals surface area contributed by atoms with Gasteiger partial charge >= 0.3 is 0 Å². The van der Waals surface area contributed by atoms with Crippen LogP contribution in [0, 0.1) is 5.41 Å². The molecule has 0 bridgehead atoms. The van der Waals surface area contributed by atoms with E-state index in [4.69, 9.17) is 0 Å². The standard InChI is InChI=1S/C10H23NO/c1-5-10(6-2,9-12)8-11(4)7-3/h12H,5-9H2,1-4H3. The molecule has 0 saturated carbocycles. The van der Waals surface area contributed by atoms with Gasteiger partial charge in [-0.2, -0.15) is 0 Å². The van der Waals surface area contributed by atoms with E-state index in [1.807, 2.05) is 0 Å². The fourth-order valence-electron chi connectivity index (χ4n) is 1.43. The Morgan fingerprint density at radius 3 is 1.92 bits per heavy atom. The lowest BCUT2D eigenvalue weighted by Crippen LogP contribution is -2.37. The smallest absolute Gasteiger partial charge is 0.0499 e. The monoisotopic (exact) mass is 173 g/mol. The number of aliphatic hydroxyl groups is 1. The van der Waals surface area contributed by atoms with E-state index in [2.05, 4.69) is 32.7 Å². The first-order valence-electron chi connectivity index (χ1n) is 4.93. The van der Waals surface area contributed by atoms with E-state index in [9.17, 15) is 5.11 Å². The summed E-state index contributed by atoms with van der Waals surface area (Å²) in [6.07, 6.45) is 2.12. The molecule has 2 nitrogen and oxygen atoms in total. The molecule has 0 aromatic heterocycles. The normalized spacial score (nSPS) is 12.5. The topological polar surface area (TPSA) is 23.5 Å². The van der Waals surface area contributed by atoms with E-state index < -0.39 is 0 Å². The molecule has 0 amide bonds. The highest BCUT2D eigenvalue weighted by Gasteiger charge is 2.26. The molecule has 0 heterocycles. The third kappa shape index (κ3) is 3.11. The van der Waals surface area contributed by atoms with Crippen LogP contribution in [0.25, 0.3) is 0 Å². The minimum atomic E-state index is 0.130. The molecule has 12 heavy (non-hydrogen) atoms. The quantitative estimate of drug-likeness (QED) is 0.661. The van der Waals surface area contributed by atoms with Gasteiger partial charge in [-0.3, -0.25) is 0 Å². The minimum absolute atomic E-state index is 0.130. The van der Waals surface area contributed by atoms with Gasteiger partial charge in [0.05, 0.1) is 0 Å². The number of aliphatic hydroxyl groups excluding tert-OH is 1. The van der Waals surface area contributed by atoms with Crippen LogP contribution >= 0.6 is 0 Å². The molecule has 0 saturated heterocycles. The second kappa shape index (κ2) is 5.55. The molecule has 1 N–H and O–H groups in total. The van der Waals surface area contributed by atoms with Gasteiger partial charge in [0.25, 0.3) is 0 Å². The van der Waals surface area contributed by atoms with E-state index >= 15 is 0 Å². The first-order chi connectivity index (χ1) is 5.64. The van der Waals surface area contributed by atoms with Gasteiger partial charge in [-0.15, -0.1) is 0 Å². The van der Waals surface area contributed by atoms with Crippen LogP contribution in [-0.2, 0) is 0 Å². The molecule has 0 fully saturated rings. The van der Waals surface area contributed by atoms with Crippen molar-refractivity contribution in [1.29, 1.82) is 0 Å². The van der Waals surface area contributed by atoms with Crippen LogP contribution in [0.2, 0.25) is 0 Å². The van der Waals surface area contributed by atoms with Gasteiger partial charge in [0.1, 0.15) is 0 Å². The summed E-state index contributed by atoms with van der Waals surface area (Å²) in [6, 6.07) is 0. The second-order valence-corrected chi connectivity index (χ2v) is 3.70. The van der Waals surface area contributed by atoms with Crippen LogP contribution in [0.3, 0.4) is 0 Å². The first kappa shape index (κ1) is 11.9. The molecule has 0 atom stereocenters. The fourth-order valence-corrected chi connectivity index (χ4v) is 1.43. The molecule has 0 rings (SSSR count). The van der Waals surface area contributed by atoms with Gasteiger partial charge in [0, 0.05) is 18.6 Å². The molecular weight excluding hydrogens is 150 g/mol. The molecule has 0 aliphatic carbocycles. The Morgan fingerprint density at radius 2 is 1.67 bits per heavy atom. The molecule has 2 heteroatoms. The van der Waals surface area contributed by atoms with E-state index in [0.717, 1.165) is 25.9 Å². The highest BCUT2D eigenvalue weighted by atomic mass is 16.3. The maximum absolute atomic E-state index is 9.29. The van der Waals surface area contributed by atoms with Crippen LogP contribution in [0.15, 0.2) is 0 Å². The first-order valence-corrected chi connectivity index (χ1v) is 4.93. The summed E-state index contributed by atoms with van der Waals surface area (Å²) in [5.41, 5.74) is 0.130. The minimum Gasteiger partial charge on any atom is -0.396 e. The van der Waals surface area contributed by atoms with Crippen molar-refractivity contribution in [2.24, 2.45) is 5.41 Å². The summed E-state index contributed by atoms with van der Waals surface area (Å²) in [4.78, 5) is 2.27. The van der Waals surface area contributed by atoms with Gasteiger partial charge in [0.2, 0.25) is 0 Å². The maximum atomic E-state index is 9.29. The lowest BCUT2D eigenvalue weighted by atomic mass is 9.83. The van der Waals surface area contributed by atoms with Crippen molar-refractivity contribution >= 4 is 0 Å². The summed E-state index contributed by atoms with van der Waals surface area (Å²) in [6.45, 7) is 8.83. The van der Waals surface area contributed by atoms with Crippen molar-refractivity contribution in [3.63, 3.8) is 0 Å². The number of hydrogen-bond donors (Lipinski definition) is 1. The predicted molar refractivity (Wildman–Crippen MR) is 53.3 cm³/mol. The average Bonchev–Trinajstić information content (AvgIpc) is 2.14.